The van der Waals surface area contributed by atoms with Crippen molar-refractivity contribution in [2.24, 2.45) is 11.7 Å². The van der Waals surface area contributed by atoms with Gasteiger partial charge in [-0.05, 0) is 53.9 Å². The van der Waals surface area contributed by atoms with E-state index in [-0.39, 0.29) is 5.91 Å². The Morgan fingerprint density at radius 1 is 1.52 bits per heavy atom. The van der Waals surface area contributed by atoms with Crippen LogP contribution in [0.4, 0.5) is 0 Å². The van der Waals surface area contributed by atoms with E-state index in [9.17, 15) is 4.79 Å². The van der Waals surface area contributed by atoms with E-state index in [1.165, 1.54) is 0 Å². The van der Waals surface area contributed by atoms with Crippen molar-refractivity contribution in [3.8, 4) is 11.5 Å². The zero-order chi connectivity index (χ0) is 15.4. The van der Waals surface area contributed by atoms with E-state index in [1.54, 1.807) is 19.2 Å². The number of nitrogens with two attached hydrogens (primary N) is 1. The third-order valence-electron chi connectivity index (χ3n) is 3.67. The highest BCUT2D eigenvalue weighted by Gasteiger charge is 2.27. The Hall–Kier alpha value is -1.27. The number of nitrogens with zero attached hydrogens (tertiary/aromatic N) is 1. The number of amides is 1. The van der Waals surface area contributed by atoms with Crippen molar-refractivity contribution in [2.75, 3.05) is 33.4 Å². The summed E-state index contributed by atoms with van der Waals surface area (Å²) in [6, 6.07) is 3.51. The fraction of sp³-hybridized carbons (Fsp3) is 0.533. The lowest BCUT2D eigenvalue weighted by Gasteiger charge is -2.18. The predicted molar refractivity (Wildman–Crippen MR) is 84.9 cm³/mol. The minimum absolute atomic E-state index is 0.00741. The number of benzene rings is 1. The summed E-state index contributed by atoms with van der Waals surface area (Å²) in [7, 11) is 1.57. The summed E-state index contributed by atoms with van der Waals surface area (Å²) < 4.78 is 11.6. The molecule has 1 fully saturated rings. The van der Waals surface area contributed by atoms with Crippen LogP contribution < -0.4 is 15.2 Å². The molecule has 1 amide bonds. The Morgan fingerprint density at radius 2 is 2.29 bits per heavy atom. The normalized spacial score (nSPS) is 17.9. The van der Waals surface area contributed by atoms with Crippen LogP contribution in [-0.4, -0.2) is 44.2 Å². The molecule has 1 aromatic rings. The van der Waals surface area contributed by atoms with Gasteiger partial charge in [-0.15, -0.1) is 0 Å². The first kappa shape index (κ1) is 16.1. The van der Waals surface area contributed by atoms with Gasteiger partial charge in [-0.25, -0.2) is 0 Å². The minimum atomic E-state index is 0.00741. The molecule has 1 heterocycles. The molecule has 1 aliphatic heterocycles. The van der Waals surface area contributed by atoms with Crippen molar-refractivity contribution in [3.63, 3.8) is 0 Å². The van der Waals surface area contributed by atoms with Crippen LogP contribution in [0.15, 0.2) is 16.6 Å². The highest BCUT2D eigenvalue weighted by atomic mass is 79.9. The molecular weight excluding hydrogens is 336 g/mol. The van der Waals surface area contributed by atoms with Gasteiger partial charge in [0.1, 0.15) is 0 Å². The number of rotatable bonds is 5. The summed E-state index contributed by atoms with van der Waals surface area (Å²) in [5.74, 6) is 1.59. The summed E-state index contributed by atoms with van der Waals surface area (Å²) in [6.45, 7) is 4.55. The van der Waals surface area contributed by atoms with E-state index in [0.717, 1.165) is 24.0 Å². The number of methoxy groups -OCH3 is 1. The first-order valence-electron chi connectivity index (χ1n) is 7.10. The first-order valence-corrected chi connectivity index (χ1v) is 7.89. The lowest BCUT2D eigenvalue weighted by atomic mass is 10.1. The van der Waals surface area contributed by atoms with Crippen LogP contribution in [-0.2, 0) is 0 Å². The molecule has 1 aliphatic rings. The van der Waals surface area contributed by atoms with E-state index in [0.29, 0.717) is 36.1 Å². The van der Waals surface area contributed by atoms with Gasteiger partial charge in [0.2, 0.25) is 0 Å². The van der Waals surface area contributed by atoms with Crippen LogP contribution in [0.5, 0.6) is 11.5 Å². The van der Waals surface area contributed by atoms with Gasteiger partial charge in [0.15, 0.2) is 11.5 Å². The molecule has 0 radical (unpaired) electrons. The smallest absolute Gasteiger partial charge is 0.254 e. The number of hydrogen-bond donors (Lipinski definition) is 1. The van der Waals surface area contributed by atoms with E-state index in [4.69, 9.17) is 15.2 Å². The molecule has 0 bridgehead atoms. The molecule has 0 spiro atoms. The molecule has 0 aromatic heterocycles. The largest absolute Gasteiger partial charge is 0.493 e. The van der Waals surface area contributed by atoms with Crippen molar-refractivity contribution >= 4 is 21.8 Å². The van der Waals surface area contributed by atoms with Crippen LogP contribution in [0.2, 0.25) is 0 Å². The van der Waals surface area contributed by atoms with Gasteiger partial charge in [0.25, 0.3) is 5.91 Å². The summed E-state index contributed by atoms with van der Waals surface area (Å²) in [4.78, 5) is 14.4. The molecule has 1 saturated heterocycles. The second kappa shape index (κ2) is 7.13. The van der Waals surface area contributed by atoms with Crippen molar-refractivity contribution in [3.05, 3.63) is 22.2 Å². The highest BCUT2D eigenvalue weighted by molar-refractivity contribution is 9.10. The Kier molecular flexibility index (Phi) is 5.47. The second-order valence-electron chi connectivity index (χ2n) is 5.06. The molecule has 2 rings (SSSR count). The number of ether oxygens (including phenoxy) is 2. The lowest BCUT2D eigenvalue weighted by Crippen LogP contribution is -2.29. The second-order valence-corrected chi connectivity index (χ2v) is 5.92. The molecule has 1 atom stereocenters. The average molecular weight is 357 g/mol. The number of carbonyl (C=O) groups is 1. The maximum absolute atomic E-state index is 12.6. The summed E-state index contributed by atoms with van der Waals surface area (Å²) in [6.07, 6.45) is 0.970. The first-order chi connectivity index (χ1) is 10.1. The maximum Gasteiger partial charge on any atom is 0.254 e. The van der Waals surface area contributed by atoms with Crippen LogP contribution in [0.1, 0.15) is 23.7 Å². The maximum atomic E-state index is 12.6. The summed E-state index contributed by atoms with van der Waals surface area (Å²) in [5.41, 5.74) is 6.27. The van der Waals surface area contributed by atoms with Crippen molar-refractivity contribution < 1.29 is 14.3 Å². The zero-order valence-electron chi connectivity index (χ0n) is 12.4. The van der Waals surface area contributed by atoms with Crippen molar-refractivity contribution in [1.29, 1.82) is 0 Å². The Bertz CT molecular complexity index is 522. The van der Waals surface area contributed by atoms with E-state index in [2.05, 4.69) is 15.9 Å². The molecule has 5 nitrogen and oxygen atoms in total. The van der Waals surface area contributed by atoms with Gasteiger partial charge in [-0.3, -0.25) is 4.79 Å². The number of halogens is 1. The Morgan fingerprint density at radius 3 is 2.86 bits per heavy atom. The lowest BCUT2D eigenvalue weighted by molar-refractivity contribution is 0.0787. The van der Waals surface area contributed by atoms with Gasteiger partial charge >= 0.3 is 0 Å². The van der Waals surface area contributed by atoms with E-state index in [1.807, 2.05) is 11.8 Å². The van der Waals surface area contributed by atoms with Gasteiger partial charge in [0.05, 0.1) is 18.2 Å². The number of likely N-dealkylation sites (tertiary alicyclic amines) is 1. The van der Waals surface area contributed by atoms with Gasteiger partial charge in [0, 0.05) is 18.7 Å². The Labute approximate surface area is 133 Å². The fourth-order valence-electron chi connectivity index (χ4n) is 2.52. The van der Waals surface area contributed by atoms with Crippen LogP contribution >= 0.6 is 15.9 Å². The molecule has 116 valence electrons. The number of carbonyl (C=O) groups excluding carboxylic acids is 1. The molecule has 1 unspecified atom stereocenters. The molecule has 6 heteroatoms. The third-order valence-corrected chi connectivity index (χ3v) is 4.26. The molecule has 0 saturated carbocycles. The van der Waals surface area contributed by atoms with Crippen LogP contribution in [0.3, 0.4) is 0 Å². The van der Waals surface area contributed by atoms with Crippen molar-refractivity contribution in [1.82, 2.24) is 4.90 Å². The zero-order valence-corrected chi connectivity index (χ0v) is 14.0. The van der Waals surface area contributed by atoms with Gasteiger partial charge in [-0.1, -0.05) is 0 Å². The number of hydrogen-bond acceptors (Lipinski definition) is 4. The quantitative estimate of drug-likeness (QED) is 0.878. The fourth-order valence-corrected chi connectivity index (χ4v) is 3.08. The van der Waals surface area contributed by atoms with Crippen molar-refractivity contribution in [2.45, 2.75) is 13.3 Å². The predicted octanol–water partition coefficient (Wildman–Crippen LogP) is 2.28. The molecule has 2 N–H and O–H groups in total. The molecule has 21 heavy (non-hydrogen) atoms. The topological polar surface area (TPSA) is 64.8 Å². The highest BCUT2D eigenvalue weighted by Crippen LogP contribution is 2.37. The molecule has 0 aliphatic carbocycles. The molecular formula is C15H21BrN2O3. The van der Waals surface area contributed by atoms with Crippen LogP contribution in [0, 0.1) is 5.92 Å². The van der Waals surface area contributed by atoms with Crippen LogP contribution in [0.25, 0.3) is 0 Å². The van der Waals surface area contributed by atoms with E-state index < -0.39 is 0 Å². The van der Waals surface area contributed by atoms with E-state index >= 15 is 0 Å². The molecule has 1 aromatic carbocycles. The summed E-state index contributed by atoms with van der Waals surface area (Å²) >= 11 is 3.45. The Balaban J connectivity index is 2.24. The van der Waals surface area contributed by atoms with Gasteiger partial charge < -0.3 is 20.1 Å². The monoisotopic (exact) mass is 356 g/mol. The minimum Gasteiger partial charge on any atom is -0.493 e. The summed E-state index contributed by atoms with van der Waals surface area (Å²) in [5, 5.41) is 0. The average Bonchev–Trinajstić information content (AvgIpc) is 2.97. The SMILES string of the molecule is CCOc1c(Br)cc(C(=O)N2CCC(CN)C2)cc1OC. The van der Waals surface area contributed by atoms with Gasteiger partial charge in [-0.2, -0.15) is 0 Å². The third kappa shape index (κ3) is 3.49. The standard InChI is InChI=1S/C15H21BrN2O3/c1-3-21-14-12(16)6-11(7-13(14)20-2)15(19)18-5-4-10(8-17)9-18/h6-7,10H,3-5,8-9,17H2,1-2H3.